The third-order valence-corrected chi connectivity index (χ3v) is 7.20. The summed E-state index contributed by atoms with van der Waals surface area (Å²) >= 11 is 10.1. The molecule has 4 nitrogen and oxygen atoms in total. The molecule has 2 aromatic rings. The van der Waals surface area contributed by atoms with Crippen molar-refractivity contribution in [1.29, 1.82) is 0 Å². The van der Waals surface area contributed by atoms with Crippen molar-refractivity contribution in [2.75, 3.05) is 16.8 Å². The van der Waals surface area contributed by atoms with Crippen LogP contribution in [-0.4, -0.2) is 27.2 Å². The van der Waals surface area contributed by atoms with Gasteiger partial charge in [-0.05, 0) is 30.7 Å². The number of hydrogen-bond acceptors (Lipinski definition) is 4. The van der Waals surface area contributed by atoms with Crippen molar-refractivity contribution in [2.24, 2.45) is 7.05 Å². The van der Waals surface area contributed by atoms with Gasteiger partial charge in [0.1, 0.15) is 5.15 Å². The van der Waals surface area contributed by atoms with Crippen LogP contribution in [0.5, 0.6) is 0 Å². The van der Waals surface area contributed by atoms with Crippen molar-refractivity contribution in [3.8, 4) is 0 Å². The standard InChI is InChI=1S/C17H18ClN3OS2/c1-11-14(16(18)21(2)20-11)6-7-15(22)19-13-5-3-4-12(10-13)17-23-8-9-24-17/h3-7,10,17H,8-9H2,1-2H3,(H,19,22)/b7-6+. The second kappa shape index (κ2) is 7.68. The van der Waals surface area contributed by atoms with E-state index < -0.39 is 0 Å². The average Bonchev–Trinajstić information content (AvgIpc) is 3.16. The molecule has 0 radical (unpaired) electrons. The zero-order valence-electron chi connectivity index (χ0n) is 13.5. The molecule has 0 unspecified atom stereocenters. The number of rotatable bonds is 4. The molecule has 0 aliphatic carbocycles. The van der Waals surface area contributed by atoms with Crippen molar-refractivity contribution in [3.05, 3.63) is 52.3 Å². The van der Waals surface area contributed by atoms with Crippen LogP contribution in [0, 0.1) is 6.92 Å². The van der Waals surface area contributed by atoms with Crippen LogP contribution in [0.3, 0.4) is 0 Å². The van der Waals surface area contributed by atoms with Crippen molar-refractivity contribution in [2.45, 2.75) is 11.5 Å². The Morgan fingerprint density at radius 1 is 1.42 bits per heavy atom. The maximum absolute atomic E-state index is 12.2. The van der Waals surface area contributed by atoms with Crippen LogP contribution >= 0.6 is 35.1 Å². The number of thioether (sulfide) groups is 2. The van der Waals surface area contributed by atoms with E-state index in [1.807, 2.05) is 48.6 Å². The molecule has 1 N–H and O–H groups in total. The van der Waals surface area contributed by atoms with Gasteiger partial charge in [0.05, 0.1) is 10.3 Å². The predicted octanol–water partition coefficient (Wildman–Crippen LogP) is 4.51. The molecule has 1 aliphatic rings. The Kier molecular flexibility index (Phi) is 5.58. The van der Waals surface area contributed by atoms with E-state index in [1.54, 1.807) is 17.8 Å². The van der Waals surface area contributed by atoms with E-state index in [9.17, 15) is 4.79 Å². The van der Waals surface area contributed by atoms with Gasteiger partial charge in [-0.2, -0.15) is 5.10 Å². The number of anilines is 1. The number of amides is 1. The lowest BCUT2D eigenvalue weighted by Gasteiger charge is -2.10. The normalized spacial score (nSPS) is 15.3. The SMILES string of the molecule is Cc1nn(C)c(Cl)c1/C=C/C(=O)Nc1cccc(C2SCCS2)c1. The Morgan fingerprint density at radius 2 is 2.17 bits per heavy atom. The Hall–Kier alpha value is -1.37. The second-order valence-electron chi connectivity index (χ2n) is 5.44. The van der Waals surface area contributed by atoms with Crippen LogP contribution < -0.4 is 5.32 Å². The highest BCUT2D eigenvalue weighted by Crippen LogP contribution is 2.45. The average molecular weight is 380 g/mol. The van der Waals surface area contributed by atoms with E-state index in [0.29, 0.717) is 9.74 Å². The number of halogens is 1. The van der Waals surface area contributed by atoms with Crippen LogP contribution in [0.25, 0.3) is 6.08 Å². The molecule has 1 amide bonds. The first-order valence-electron chi connectivity index (χ1n) is 7.56. The molecule has 3 rings (SSSR count). The van der Waals surface area contributed by atoms with Crippen molar-refractivity contribution < 1.29 is 4.79 Å². The molecule has 1 aromatic carbocycles. The van der Waals surface area contributed by atoms with Gasteiger partial charge in [0.2, 0.25) is 5.91 Å². The molecule has 0 spiro atoms. The van der Waals surface area contributed by atoms with Crippen molar-refractivity contribution >= 4 is 52.8 Å². The topological polar surface area (TPSA) is 46.9 Å². The highest BCUT2D eigenvalue weighted by Gasteiger charge is 2.18. The Balaban J connectivity index is 1.68. The zero-order chi connectivity index (χ0) is 17.1. The van der Waals surface area contributed by atoms with E-state index in [4.69, 9.17) is 11.6 Å². The van der Waals surface area contributed by atoms with Gasteiger partial charge < -0.3 is 5.32 Å². The van der Waals surface area contributed by atoms with Gasteiger partial charge in [-0.1, -0.05) is 23.7 Å². The number of aromatic nitrogens is 2. The molecule has 1 saturated heterocycles. The summed E-state index contributed by atoms with van der Waals surface area (Å²) in [5.74, 6) is 2.18. The Morgan fingerprint density at radius 3 is 2.83 bits per heavy atom. The Bertz CT molecular complexity index is 782. The molecule has 7 heteroatoms. The summed E-state index contributed by atoms with van der Waals surface area (Å²) in [5.41, 5.74) is 3.62. The first-order valence-corrected chi connectivity index (χ1v) is 10.0. The summed E-state index contributed by atoms with van der Waals surface area (Å²) in [5, 5.41) is 7.65. The lowest BCUT2D eigenvalue weighted by molar-refractivity contribution is -0.111. The largest absolute Gasteiger partial charge is 0.323 e. The first kappa shape index (κ1) is 17.5. The van der Waals surface area contributed by atoms with Gasteiger partial charge in [0.25, 0.3) is 0 Å². The monoisotopic (exact) mass is 379 g/mol. The lowest BCUT2D eigenvalue weighted by Crippen LogP contribution is -2.08. The summed E-state index contributed by atoms with van der Waals surface area (Å²) in [7, 11) is 1.78. The molecule has 1 fully saturated rings. The van der Waals surface area contributed by atoms with Gasteiger partial charge in [0.15, 0.2) is 0 Å². The van der Waals surface area contributed by atoms with Crippen LogP contribution in [0.15, 0.2) is 30.3 Å². The van der Waals surface area contributed by atoms with Gasteiger partial charge in [-0.25, -0.2) is 0 Å². The molecule has 24 heavy (non-hydrogen) atoms. The maximum Gasteiger partial charge on any atom is 0.248 e. The summed E-state index contributed by atoms with van der Waals surface area (Å²) < 4.78 is 2.06. The number of aryl methyl sites for hydroxylation is 2. The molecule has 1 aromatic heterocycles. The quantitative estimate of drug-likeness (QED) is 0.794. The molecular formula is C17H18ClN3OS2. The highest BCUT2D eigenvalue weighted by molar-refractivity contribution is 8.19. The number of nitrogens with zero attached hydrogens (tertiary/aromatic N) is 2. The van der Waals surface area contributed by atoms with E-state index in [2.05, 4.69) is 16.5 Å². The second-order valence-corrected chi connectivity index (χ2v) is 8.52. The maximum atomic E-state index is 12.2. The van der Waals surface area contributed by atoms with E-state index >= 15 is 0 Å². The lowest BCUT2D eigenvalue weighted by atomic mass is 10.2. The van der Waals surface area contributed by atoms with Crippen LogP contribution in [-0.2, 0) is 11.8 Å². The zero-order valence-corrected chi connectivity index (χ0v) is 15.8. The van der Waals surface area contributed by atoms with Crippen LogP contribution in [0.4, 0.5) is 5.69 Å². The fourth-order valence-electron chi connectivity index (χ4n) is 2.49. The van der Waals surface area contributed by atoms with E-state index in [0.717, 1.165) is 16.9 Å². The van der Waals surface area contributed by atoms with Crippen molar-refractivity contribution in [3.63, 3.8) is 0 Å². The third-order valence-electron chi connectivity index (χ3n) is 3.65. The Labute approximate surface area is 155 Å². The van der Waals surface area contributed by atoms with Crippen LogP contribution in [0.1, 0.15) is 21.4 Å². The van der Waals surface area contributed by atoms with E-state index in [-0.39, 0.29) is 5.91 Å². The molecule has 0 bridgehead atoms. The number of hydrogen-bond donors (Lipinski definition) is 1. The predicted molar refractivity (Wildman–Crippen MR) is 105 cm³/mol. The first-order chi connectivity index (χ1) is 11.5. The molecule has 1 aliphatic heterocycles. The number of carbonyl (C=O) groups excluding carboxylic acids is 1. The summed E-state index contributed by atoms with van der Waals surface area (Å²) in [4.78, 5) is 12.2. The number of benzene rings is 1. The van der Waals surface area contributed by atoms with Gasteiger partial charge >= 0.3 is 0 Å². The molecule has 0 saturated carbocycles. The minimum atomic E-state index is -0.182. The minimum Gasteiger partial charge on any atom is -0.323 e. The van der Waals surface area contributed by atoms with Gasteiger partial charge in [-0.3, -0.25) is 9.48 Å². The summed E-state index contributed by atoms with van der Waals surface area (Å²) in [6.45, 7) is 1.86. The summed E-state index contributed by atoms with van der Waals surface area (Å²) in [6, 6.07) is 8.04. The fraction of sp³-hybridized carbons (Fsp3) is 0.294. The smallest absolute Gasteiger partial charge is 0.248 e. The molecule has 2 heterocycles. The number of nitrogens with one attached hydrogen (secondary N) is 1. The molecular weight excluding hydrogens is 362 g/mol. The fourth-order valence-corrected chi connectivity index (χ4v) is 5.57. The molecule has 126 valence electrons. The number of carbonyl (C=O) groups is 1. The molecule has 0 atom stereocenters. The van der Waals surface area contributed by atoms with Crippen molar-refractivity contribution in [1.82, 2.24) is 9.78 Å². The third kappa shape index (κ3) is 3.99. The highest BCUT2D eigenvalue weighted by atomic mass is 35.5. The summed E-state index contributed by atoms with van der Waals surface area (Å²) in [6.07, 6.45) is 3.19. The van der Waals surface area contributed by atoms with Gasteiger partial charge in [0, 0.05) is 35.9 Å². The van der Waals surface area contributed by atoms with Gasteiger partial charge in [-0.15, -0.1) is 23.5 Å². The van der Waals surface area contributed by atoms with E-state index in [1.165, 1.54) is 23.1 Å². The minimum absolute atomic E-state index is 0.182. The van der Waals surface area contributed by atoms with Crippen LogP contribution in [0.2, 0.25) is 5.15 Å².